The topological polar surface area (TPSA) is 18.5 Å². The number of nitrogens with zero attached hydrogens (tertiary/aromatic N) is 2. The lowest BCUT2D eigenvalue weighted by Gasteiger charge is -2.33. The van der Waals surface area contributed by atoms with Gasteiger partial charge in [-0.25, -0.2) is 0 Å². The molecule has 2 heterocycles. The lowest BCUT2D eigenvalue weighted by molar-refractivity contribution is 0.164. The van der Waals surface area contributed by atoms with Crippen LogP contribution < -0.4 is 5.32 Å². The SMILES string of the molecule is CCCNCC(CC)N1CCC2CCC(C1)N2C. The second-order valence-electron chi connectivity index (χ2n) is 6.10. The van der Waals surface area contributed by atoms with E-state index in [0.29, 0.717) is 0 Å². The lowest BCUT2D eigenvalue weighted by atomic mass is 10.1. The molecule has 3 heteroatoms. The third-order valence-corrected chi connectivity index (χ3v) is 4.97. The van der Waals surface area contributed by atoms with E-state index in [2.05, 4.69) is 36.0 Å². The van der Waals surface area contributed by atoms with E-state index in [4.69, 9.17) is 0 Å². The summed E-state index contributed by atoms with van der Waals surface area (Å²) in [7, 11) is 2.34. The van der Waals surface area contributed by atoms with Crippen molar-refractivity contribution in [3.63, 3.8) is 0 Å². The first-order valence-electron chi connectivity index (χ1n) is 7.93. The van der Waals surface area contributed by atoms with Gasteiger partial charge in [-0.2, -0.15) is 0 Å². The maximum Gasteiger partial charge on any atom is 0.0223 e. The first-order chi connectivity index (χ1) is 8.76. The van der Waals surface area contributed by atoms with Gasteiger partial charge in [0.25, 0.3) is 0 Å². The van der Waals surface area contributed by atoms with E-state index < -0.39 is 0 Å². The fourth-order valence-electron chi connectivity index (χ4n) is 3.64. The molecule has 2 rings (SSSR count). The molecule has 3 atom stereocenters. The fraction of sp³-hybridized carbons (Fsp3) is 1.00. The Morgan fingerprint density at radius 2 is 1.94 bits per heavy atom. The normalized spacial score (nSPS) is 31.5. The van der Waals surface area contributed by atoms with Gasteiger partial charge in [-0.3, -0.25) is 9.80 Å². The molecule has 18 heavy (non-hydrogen) atoms. The predicted octanol–water partition coefficient (Wildman–Crippen LogP) is 1.93. The largest absolute Gasteiger partial charge is 0.315 e. The Morgan fingerprint density at radius 3 is 2.67 bits per heavy atom. The Labute approximate surface area is 113 Å². The van der Waals surface area contributed by atoms with Crippen molar-refractivity contribution < 1.29 is 0 Å². The van der Waals surface area contributed by atoms with E-state index in [1.165, 1.54) is 51.7 Å². The highest BCUT2D eigenvalue weighted by Crippen LogP contribution is 2.29. The maximum atomic E-state index is 3.60. The van der Waals surface area contributed by atoms with Crippen LogP contribution in [0.4, 0.5) is 0 Å². The molecule has 0 spiro atoms. The minimum absolute atomic E-state index is 0.740. The summed E-state index contributed by atoms with van der Waals surface area (Å²) in [5, 5.41) is 3.60. The van der Waals surface area contributed by atoms with Crippen molar-refractivity contribution in [2.45, 2.75) is 64.1 Å². The van der Waals surface area contributed by atoms with Crippen LogP contribution in [-0.2, 0) is 0 Å². The molecule has 3 unspecified atom stereocenters. The van der Waals surface area contributed by atoms with Crippen LogP contribution in [0.1, 0.15) is 46.0 Å². The van der Waals surface area contributed by atoms with E-state index >= 15 is 0 Å². The summed E-state index contributed by atoms with van der Waals surface area (Å²) in [6.07, 6.45) is 6.73. The zero-order chi connectivity index (χ0) is 13.0. The summed E-state index contributed by atoms with van der Waals surface area (Å²) in [4.78, 5) is 5.40. The number of nitrogens with one attached hydrogen (secondary N) is 1. The number of likely N-dealkylation sites (tertiary alicyclic amines) is 1. The second-order valence-corrected chi connectivity index (χ2v) is 6.10. The molecule has 0 aromatic carbocycles. The molecule has 1 N–H and O–H groups in total. The molecule has 0 saturated carbocycles. The first kappa shape index (κ1) is 14.3. The van der Waals surface area contributed by atoms with Crippen molar-refractivity contribution in [1.29, 1.82) is 0 Å². The molecule has 106 valence electrons. The predicted molar refractivity (Wildman–Crippen MR) is 78.0 cm³/mol. The summed E-state index contributed by atoms with van der Waals surface area (Å²) in [6, 6.07) is 2.42. The zero-order valence-electron chi connectivity index (χ0n) is 12.5. The van der Waals surface area contributed by atoms with E-state index in [1.54, 1.807) is 0 Å². The number of rotatable bonds is 6. The molecule has 2 fully saturated rings. The van der Waals surface area contributed by atoms with Crippen LogP contribution >= 0.6 is 0 Å². The van der Waals surface area contributed by atoms with Gasteiger partial charge in [0.15, 0.2) is 0 Å². The molecule has 2 saturated heterocycles. The van der Waals surface area contributed by atoms with E-state index in [0.717, 1.165) is 24.7 Å². The van der Waals surface area contributed by atoms with Crippen molar-refractivity contribution in [3.8, 4) is 0 Å². The van der Waals surface area contributed by atoms with Crippen molar-refractivity contribution in [3.05, 3.63) is 0 Å². The van der Waals surface area contributed by atoms with Gasteiger partial charge in [0.1, 0.15) is 0 Å². The number of hydrogen-bond donors (Lipinski definition) is 1. The van der Waals surface area contributed by atoms with Crippen LogP contribution in [0.2, 0.25) is 0 Å². The zero-order valence-corrected chi connectivity index (χ0v) is 12.5. The molecule has 0 aromatic rings. The summed E-state index contributed by atoms with van der Waals surface area (Å²) >= 11 is 0. The van der Waals surface area contributed by atoms with Gasteiger partial charge >= 0.3 is 0 Å². The third kappa shape index (κ3) is 3.25. The van der Waals surface area contributed by atoms with Crippen LogP contribution in [0.5, 0.6) is 0 Å². The van der Waals surface area contributed by atoms with Crippen LogP contribution in [0, 0.1) is 0 Å². The summed E-state index contributed by atoms with van der Waals surface area (Å²) < 4.78 is 0. The molecule has 0 aromatic heterocycles. The van der Waals surface area contributed by atoms with Gasteiger partial charge in [0.2, 0.25) is 0 Å². The highest BCUT2D eigenvalue weighted by atomic mass is 15.3. The highest BCUT2D eigenvalue weighted by molar-refractivity contribution is 4.92. The van der Waals surface area contributed by atoms with E-state index in [1.807, 2.05) is 0 Å². The Morgan fingerprint density at radius 1 is 1.17 bits per heavy atom. The van der Waals surface area contributed by atoms with Crippen LogP contribution in [0.25, 0.3) is 0 Å². The Balaban J connectivity index is 1.87. The van der Waals surface area contributed by atoms with Crippen LogP contribution in [0.15, 0.2) is 0 Å². The average molecular weight is 253 g/mol. The molecule has 2 aliphatic rings. The standard InChI is InChI=1S/C15H31N3/c1-4-9-16-11-13(5-2)18-10-8-14-6-7-15(12-18)17(14)3/h13-16H,4-12H2,1-3H3. The highest BCUT2D eigenvalue weighted by Gasteiger charge is 2.35. The number of hydrogen-bond acceptors (Lipinski definition) is 3. The molecule has 0 amide bonds. The molecular formula is C15H31N3. The molecule has 3 nitrogen and oxygen atoms in total. The molecule has 2 bridgehead atoms. The number of fused-ring (bicyclic) bond motifs is 2. The lowest BCUT2D eigenvalue weighted by Crippen LogP contribution is -2.46. The van der Waals surface area contributed by atoms with Gasteiger partial charge in [0.05, 0.1) is 0 Å². The molecular weight excluding hydrogens is 222 g/mol. The Kier molecular flexibility index (Phi) is 5.46. The Hall–Kier alpha value is -0.120. The van der Waals surface area contributed by atoms with Gasteiger partial charge in [-0.05, 0) is 45.7 Å². The quantitative estimate of drug-likeness (QED) is 0.730. The monoisotopic (exact) mass is 253 g/mol. The van der Waals surface area contributed by atoms with Crippen LogP contribution in [-0.4, -0.2) is 61.2 Å². The molecule has 0 aliphatic carbocycles. The first-order valence-corrected chi connectivity index (χ1v) is 7.93. The van der Waals surface area contributed by atoms with Crippen LogP contribution in [0.3, 0.4) is 0 Å². The van der Waals surface area contributed by atoms with Gasteiger partial charge in [-0.1, -0.05) is 13.8 Å². The van der Waals surface area contributed by atoms with Crippen molar-refractivity contribution in [1.82, 2.24) is 15.1 Å². The number of likely N-dealkylation sites (N-methyl/N-ethyl adjacent to an activating group) is 1. The van der Waals surface area contributed by atoms with Gasteiger partial charge in [0, 0.05) is 37.8 Å². The minimum atomic E-state index is 0.740. The fourth-order valence-corrected chi connectivity index (χ4v) is 3.64. The van der Waals surface area contributed by atoms with Crippen molar-refractivity contribution in [2.24, 2.45) is 0 Å². The van der Waals surface area contributed by atoms with Gasteiger partial charge in [-0.15, -0.1) is 0 Å². The smallest absolute Gasteiger partial charge is 0.0223 e. The van der Waals surface area contributed by atoms with E-state index in [9.17, 15) is 0 Å². The van der Waals surface area contributed by atoms with Crippen molar-refractivity contribution >= 4 is 0 Å². The summed E-state index contributed by atoms with van der Waals surface area (Å²) in [5.41, 5.74) is 0. The maximum absolute atomic E-state index is 3.60. The Bertz CT molecular complexity index is 244. The van der Waals surface area contributed by atoms with Crippen molar-refractivity contribution in [2.75, 3.05) is 33.2 Å². The van der Waals surface area contributed by atoms with Gasteiger partial charge < -0.3 is 5.32 Å². The second kappa shape index (κ2) is 6.88. The molecule has 2 aliphatic heterocycles. The molecule has 0 radical (unpaired) electrons. The third-order valence-electron chi connectivity index (χ3n) is 4.97. The average Bonchev–Trinajstić information content (AvgIpc) is 2.60. The minimum Gasteiger partial charge on any atom is -0.315 e. The summed E-state index contributed by atoms with van der Waals surface area (Å²) in [5.74, 6) is 0. The summed E-state index contributed by atoms with van der Waals surface area (Å²) in [6.45, 7) is 9.51. The van der Waals surface area contributed by atoms with E-state index in [-0.39, 0.29) is 0 Å².